The molecule has 0 radical (unpaired) electrons. The Kier molecular flexibility index (Phi) is 3.93. The first-order valence-corrected chi connectivity index (χ1v) is 9.33. The van der Waals surface area contributed by atoms with Gasteiger partial charge in [0.05, 0.1) is 6.04 Å². The molecule has 2 aliphatic rings. The van der Waals surface area contributed by atoms with Crippen molar-refractivity contribution < 1.29 is 9.13 Å². The predicted octanol–water partition coefficient (Wildman–Crippen LogP) is 6.44. The van der Waals surface area contributed by atoms with Crippen LogP contribution in [0.15, 0.2) is 84.9 Å². The van der Waals surface area contributed by atoms with Crippen LogP contribution in [-0.2, 0) is 0 Å². The second-order valence-corrected chi connectivity index (χ2v) is 7.19. The second kappa shape index (κ2) is 6.58. The maximum absolute atomic E-state index is 13.3. The highest BCUT2D eigenvalue weighted by molar-refractivity contribution is 5.62. The quantitative estimate of drug-likeness (QED) is 0.544. The molecule has 0 bridgehead atoms. The molecule has 3 heteroatoms. The maximum Gasteiger partial charge on any atom is 0.127 e. The van der Waals surface area contributed by atoms with Crippen LogP contribution in [0.2, 0.25) is 0 Å². The molecule has 27 heavy (non-hydrogen) atoms. The molecule has 3 unspecified atom stereocenters. The van der Waals surface area contributed by atoms with Gasteiger partial charge >= 0.3 is 0 Å². The van der Waals surface area contributed by atoms with Crippen LogP contribution in [0.3, 0.4) is 0 Å². The number of fused-ring (bicyclic) bond motifs is 3. The number of hydrogen-bond acceptors (Lipinski definition) is 2. The average Bonchev–Trinajstić information content (AvgIpc) is 3.19. The summed E-state index contributed by atoms with van der Waals surface area (Å²) in [6.07, 6.45) is 5.57. The minimum atomic E-state index is -0.196. The van der Waals surface area contributed by atoms with E-state index >= 15 is 0 Å². The third-order valence-electron chi connectivity index (χ3n) is 5.54. The Morgan fingerprint density at radius 2 is 1.70 bits per heavy atom. The van der Waals surface area contributed by atoms with Gasteiger partial charge in [0.1, 0.15) is 17.3 Å². The Morgan fingerprint density at radius 3 is 2.52 bits per heavy atom. The van der Waals surface area contributed by atoms with E-state index in [1.165, 1.54) is 5.56 Å². The molecule has 1 aliphatic carbocycles. The summed E-state index contributed by atoms with van der Waals surface area (Å²) in [7, 11) is 0. The molecule has 0 spiro atoms. The van der Waals surface area contributed by atoms with Crippen LogP contribution in [0.1, 0.15) is 29.5 Å². The molecule has 0 fully saturated rings. The smallest absolute Gasteiger partial charge is 0.127 e. The molecule has 1 heterocycles. The highest BCUT2D eigenvalue weighted by Crippen LogP contribution is 2.50. The van der Waals surface area contributed by atoms with Crippen molar-refractivity contribution >= 4 is 5.69 Å². The lowest BCUT2D eigenvalue weighted by Crippen LogP contribution is -2.29. The van der Waals surface area contributed by atoms with Gasteiger partial charge in [-0.1, -0.05) is 42.5 Å². The maximum atomic E-state index is 13.3. The number of benzene rings is 3. The summed E-state index contributed by atoms with van der Waals surface area (Å²) in [5.74, 6) is 2.26. The molecule has 0 saturated heterocycles. The Hall–Kier alpha value is -3.07. The van der Waals surface area contributed by atoms with Gasteiger partial charge in [0, 0.05) is 11.6 Å². The summed E-state index contributed by atoms with van der Waals surface area (Å²) >= 11 is 0. The molecule has 134 valence electrons. The highest BCUT2D eigenvalue weighted by atomic mass is 19.1. The van der Waals surface area contributed by atoms with Crippen LogP contribution in [0.5, 0.6) is 11.5 Å². The van der Waals surface area contributed by atoms with E-state index in [9.17, 15) is 4.39 Å². The van der Waals surface area contributed by atoms with Gasteiger partial charge in [-0.15, -0.1) is 0 Å². The zero-order valence-electron chi connectivity index (χ0n) is 14.8. The number of nitrogens with one attached hydrogen (secondary N) is 1. The summed E-state index contributed by atoms with van der Waals surface area (Å²) in [6.45, 7) is 0. The van der Waals surface area contributed by atoms with Gasteiger partial charge < -0.3 is 10.1 Å². The van der Waals surface area contributed by atoms with E-state index in [1.54, 1.807) is 12.1 Å². The number of rotatable bonds is 3. The van der Waals surface area contributed by atoms with Crippen molar-refractivity contribution in [2.45, 2.75) is 18.4 Å². The van der Waals surface area contributed by atoms with E-state index in [-0.39, 0.29) is 11.9 Å². The summed E-state index contributed by atoms with van der Waals surface area (Å²) < 4.78 is 19.4. The number of para-hydroxylation sites is 1. The van der Waals surface area contributed by atoms with E-state index in [0.29, 0.717) is 11.8 Å². The van der Waals surface area contributed by atoms with Gasteiger partial charge in [-0.25, -0.2) is 4.39 Å². The monoisotopic (exact) mass is 357 g/mol. The third-order valence-corrected chi connectivity index (χ3v) is 5.54. The first-order chi connectivity index (χ1) is 13.3. The molecule has 1 N–H and O–H groups in total. The van der Waals surface area contributed by atoms with Gasteiger partial charge in [0.2, 0.25) is 0 Å². The van der Waals surface area contributed by atoms with Gasteiger partial charge in [-0.2, -0.15) is 0 Å². The number of hydrogen-bond donors (Lipinski definition) is 1. The second-order valence-electron chi connectivity index (χ2n) is 7.19. The molecule has 3 aromatic rings. The lowest BCUT2D eigenvalue weighted by molar-refractivity contribution is 0.422. The first-order valence-electron chi connectivity index (χ1n) is 9.33. The van der Waals surface area contributed by atoms with E-state index in [0.717, 1.165) is 29.2 Å². The van der Waals surface area contributed by atoms with Gasteiger partial charge in [0.25, 0.3) is 0 Å². The fourth-order valence-corrected chi connectivity index (χ4v) is 4.26. The van der Waals surface area contributed by atoms with Crippen molar-refractivity contribution in [3.05, 3.63) is 102 Å². The molecule has 0 aromatic heterocycles. The molecule has 3 aromatic carbocycles. The van der Waals surface area contributed by atoms with Crippen LogP contribution in [0.25, 0.3) is 0 Å². The minimum Gasteiger partial charge on any atom is -0.457 e. The Labute approximate surface area is 158 Å². The largest absolute Gasteiger partial charge is 0.457 e. The summed E-state index contributed by atoms with van der Waals surface area (Å²) in [5, 5.41) is 3.68. The van der Waals surface area contributed by atoms with Crippen LogP contribution in [-0.4, -0.2) is 0 Å². The van der Waals surface area contributed by atoms with Crippen LogP contribution in [0, 0.1) is 11.7 Å². The fraction of sp³-hybridized carbons (Fsp3) is 0.167. The number of anilines is 1. The van der Waals surface area contributed by atoms with Crippen LogP contribution >= 0.6 is 0 Å². The molecule has 0 amide bonds. The highest BCUT2D eigenvalue weighted by Gasteiger charge is 2.38. The normalized spacial score (nSPS) is 22.6. The summed E-state index contributed by atoms with van der Waals surface area (Å²) in [4.78, 5) is 0. The van der Waals surface area contributed by atoms with E-state index in [4.69, 9.17) is 4.74 Å². The Morgan fingerprint density at radius 1 is 0.889 bits per heavy atom. The van der Waals surface area contributed by atoms with E-state index in [2.05, 4.69) is 29.6 Å². The molecular weight excluding hydrogens is 337 g/mol. The Bertz CT molecular complexity index is 981. The van der Waals surface area contributed by atoms with E-state index < -0.39 is 0 Å². The lowest BCUT2D eigenvalue weighted by Gasteiger charge is -2.37. The SMILES string of the molecule is Fc1ccc(C2Nc3ccc(Oc4ccccc4)cc3C3C=CCC32)cc1. The molecule has 1 aliphatic heterocycles. The fourth-order valence-electron chi connectivity index (χ4n) is 4.26. The van der Waals surface area contributed by atoms with Gasteiger partial charge in [-0.3, -0.25) is 0 Å². The van der Waals surface area contributed by atoms with Crippen LogP contribution < -0.4 is 10.1 Å². The van der Waals surface area contributed by atoms with E-state index in [1.807, 2.05) is 48.5 Å². The third kappa shape index (κ3) is 2.99. The molecule has 3 atom stereocenters. The minimum absolute atomic E-state index is 0.180. The van der Waals surface area contributed by atoms with Gasteiger partial charge in [-0.05, 0) is 65.9 Å². The van der Waals surface area contributed by atoms with Crippen molar-refractivity contribution in [3.63, 3.8) is 0 Å². The summed E-state index contributed by atoms with van der Waals surface area (Å²) in [5.41, 5.74) is 3.52. The topological polar surface area (TPSA) is 21.3 Å². The zero-order valence-corrected chi connectivity index (χ0v) is 14.8. The lowest BCUT2D eigenvalue weighted by atomic mass is 9.77. The zero-order chi connectivity index (χ0) is 18.2. The number of allylic oxidation sites excluding steroid dienone is 2. The van der Waals surface area contributed by atoms with Crippen molar-refractivity contribution in [2.24, 2.45) is 5.92 Å². The van der Waals surface area contributed by atoms with Crippen molar-refractivity contribution in [1.82, 2.24) is 0 Å². The van der Waals surface area contributed by atoms with Crippen molar-refractivity contribution in [3.8, 4) is 11.5 Å². The standard InChI is InChI=1S/C24H20FNO/c25-17-11-9-16(10-12-17)24-21-8-4-7-20(21)22-15-19(13-14-23(22)26-24)27-18-5-2-1-3-6-18/h1-7,9-15,20-21,24,26H,8H2. The first kappa shape index (κ1) is 16.1. The molecular formula is C24H20FNO. The van der Waals surface area contributed by atoms with Crippen molar-refractivity contribution in [2.75, 3.05) is 5.32 Å². The predicted molar refractivity (Wildman–Crippen MR) is 106 cm³/mol. The molecule has 5 rings (SSSR count). The number of ether oxygens (including phenoxy) is 1. The average molecular weight is 357 g/mol. The van der Waals surface area contributed by atoms with Gasteiger partial charge in [0.15, 0.2) is 0 Å². The van der Waals surface area contributed by atoms with Crippen molar-refractivity contribution in [1.29, 1.82) is 0 Å². The Balaban J connectivity index is 1.48. The summed E-state index contributed by atoms with van der Waals surface area (Å²) in [6, 6.07) is 23.1. The molecule has 0 saturated carbocycles. The van der Waals surface area contributed by atoms with Crippen LogP contribution in [0.4, 0.5) is 10.1 Å². The molecule has 2 nitrogen and oxygen atoms in total. The number of halogens is 1.